The number of nitro benzene ring substituents is 1. The lowest BCUT2D eigenvalue weighted by Crippen LogP contribution is -2.22. The first kappa shape index (κ1) is 14.7. The van der Waals surface area contributed by atoms with Gasteiger partial charge in [-0.3, -0.25) is 10.1 Å². The Balaban J connectivity index is 2.13. The van der Waals surface area contributed by atoms with E-state index in [9.17, 15) is 20.0 Å². The molecule has 0 saturated carbocycles. The third kappa shape index (κ3) is 2.64. The first-order valence-corrected chi connectivity index (χ1v) is 6.53. The molecule has 23 heavy (non-hydrogen) atoms. The number of nitro groups is 1. The van der Waals surface area contributed by atoms with E-state index in [0.29, 0.717) is 5.69 Å². The summed E-state index contributed by atoms with van der Waals surface area (Å²) in [4.78, 5) is 21.5. The van der Waals surface area contributed by atoms with Gasteiger partial charge in [0.15, 0.2) is 5.52 Å². The van der Waals surface area contributed by atoms with Gasteiger partial charge in [-0.1, -0.05) is 23.7 Å². The number of carbonyl (C=O) groups excluding carboxylic acids is 1. The summed E-state index contributed by atoms with van der Waals surface area (Å²) >= 11 is 6.00. The van der Waals surface area contributed by atoms with Crippen molar-refractivity contribution in [1.82, 2.24) is 10.3 Å². The SMILES string of the molecule is O=C([O-])c1cccc(Nc2cc(Cl)c3nonc3c2[N+](=O)[O-])c1. The van der Waals surface area contributed by atoms with Crippen LogP contribution in [0.4, 0.5) is 17.1 Å². The molecule has 1 aromatic heterocycles. The summed E-state index contributed by atoms with van der Waals surface area (Å²) < 4.78 is 4.49. The zero-order valence-electron chi connectivity index (χ0n) is 11.1. The normalized spacial score (nSPS) is 10.7. The first-order chi connectivity index (χ1) is 11.0. The Bertz CT molecular complexity index is 939. The molecule has 1 N–H and O–H groups in total. The van der Waals surface area contributed by atoms with E-state index in [1.165, 1.54) is 30.3 Å². The molecule has 0 radical (unpaired) electrons. The molecule has 3 aromatic rings. The van der Waals surface area contributed by atoms with Crippen molar-refractivity contribution in [3.05, 3.63) is 51.0 Å². The minimum atomic E-state index is -1.36. The number of nitrogens with one attached hydrogen (secondary N) is 1. The highest BCUT2D eigenvalue weighted by Crippen LogP contribution is 2.37. The molecule has 10 heteroatoms. The Morgan fingerprint density at radius 3 is 2.70 bits per heavy atom. The van der Waals surface area contributed by atoms with Gasteiger partial charge in [0, 0.05) is 5.69 Å². The van der Waals surface area contributed by atoms with Crippen LogP contribution in [0.3, 0.4) is 0 Å². The number of nitrogens with zero attached hydrogens (tertiary/aromatic N) is 3. The van der Waals surface area contributed by atoms with E-state index in [-0.39, 0.29) is 33.0 Å². The van der Waals surface area contributed by atoms with E-state index in [1.807, 2.05) is 0 Å². The number of aromatic nitrogens is 2. The van der Waals surface area contributed by atoms with Crippen molar-refractivity contribution >= 4 is 45.7 Å². The minimum Gasteiger partial charge on any atom is -0.545 e. The van der Waals surface area contributed by atoms with Crippen LogP contribution >= 0.6 is 11.6 Å². The van der Waals surface area contributed by atoms with Crippen LogP contribution in [0.2, 0.25) is 5.02 Å². The number of anilines is 2. The van der Waals surface area contributed by atoms with Gasteiger partial charge in [0.25, 0.3) is 0 Å². The number of benzene rings is 2. The molecular weight excluding hydrogens is 328 g/mol. The van der Waals surface area contributed by atoms with Gasteiger partial charge in [-0.05, 0) is 34.1 Å². The van der Waals surface area contributed by atoms with Crippen molar-refractivity contribution in [3.8, 4) is 0 Å². The van der Waals surface area contributed by atoms with Crippen LogP contribution in [0.25, 0.3) is 11.0 Å². The second-order valence-corrected chi connectivity index (χ2v) is 4.87. The van der Waals surface area contributed by atoms with Crippen molar-refractivity contribution < 1.29 is 19.5 Å². The van der Waals surface area contributed by atoms with E-state index >= 15 is 0 Å². The summed E-state index contributed by atoms with van der Waals surface area (Å²) in [6, 6.07) is 6.91. The molecule has 0 spiro atoms. The summed E-state index contributed by atoms with van der Waals surface area (Å²) in [7, 11) is 0. The molecule has 0 unspecified atom stereocenters. The van der Waals surface area contributed by atoms with Crippen LogP contribution in [0, 0.1) is 10.1 Å². The van der Waals surface area contributed by atoms with Crippen LogP contribution in [-0.4, -0.2) is 21.2 Å². The third-order valence-corrected chi connectivity index (χ3v) is 3.31. The van der Waals surface area contributed by atoms with Gasteiger partial charge >= 0.3 is 5.69 Å². The monoisotopic (exact) mass is 333 g/mol. The van der Waals surface area contributed by atoms with Crippen LogP contribution in [-0.2, 0) is 0 Å². The van der Waals surface area contributed by atoms with E-state index in [2.05, 4.69) is 20.3 Å². The fraction of sp³-hybridized carbons (Fsp3) is 0. The molecule has 1 heterocycles. The van der Waals surface area contributed by atoms with Crippen LogP contribution in [0.15, 0.2) is 35.0 Å². The maximum Gasteiger partial charge on any atom is 0.324 e. The number of carboxylic acids is 1. The second kappa shape index (κ2) is 5.54. The molecule has 2 aromatic carbocycles. The largest absolute Gasteiger partial charge is 0.545 e. The quantitative estimate of drug-likeness (QED) is 0.565. The Hall–Kier alpha value is -3.20. The van der Waals surface area contributed by atoms with Gasteiger partial charge in [0.05, 0.1) is 15.9 Å². The Kier molecular flexibility index (Phi) is 3.54. The molecule has 0 fully saturated rings. The molecule has 116 valence electrons. The van der Waals surface area contributed by atoms with Gasteiger partial charge < -0.3 is 15.2 Å². The highest BCUT2D eigenvalue weighted by molar-refractivity contribution is 6.35. The summed E-state index contributed by atoms with van der Waals surface area (Å²) in [5, 5.41) is 32.0. The van der Waals surface area contributed by atoms with Gasteiger partial charge in [-0.25, -0.2) is 4.63 Å². The highest BCUT2D eigenvalue weighted by atomic mass is 35.5. The van der Waals surface area contributed by atoms with Crippen molar-refractivity contribution in [2.24, 2.45) is 0 Å². The highest BCUT2D eigenvalue weighted by Gasteiger charge is 2.25. The molecule has 3 rings (SSSR count). The van der Waals surface area contributed by atoms with E-state index in [0.717, 1.165) is 0 Å². The lowest BCUT2D eigenvalue weighted by atomic mass is 10.2. The molecule has 9 nitrogen and oxygen atoms in total. The zero-order valence-corrected chi connectivity index (χ0v) is 11.9. The summed E-state index contributed by atoms with van der Waals surface area (Å²) in [6.45, 7) is 0. The number of halogens is 1. The zero-order chi connectivity index (χ0) is 16.6. The molecule has 0 bridgehead atoms. The Morgan fingerprint density at radius 2 is 2.00 bits per heavy atom. The molecular formula is C13H6ClN4O5-. The number of aromatic carboxylic acids is 1. The van der Waals surface area contributed by atoms with Crippen LogP contribution in [0.5, 0.6) is 0 Å². The van der Waals surface area contributed by atoms with E-state index in [1.54, 1.807) is 0 Å². The van der Waals surface area contributed by atoms with Crippen LogP contribution in [0.1, 0.15) is 10.4 Å². The average molecular weight is 334 g/mol. The van der Waals surface area contributed by atoms with Crippen molar-refractivity contribution in [3.63, 3.8) is 0 Å². The maximum atomic E-state index is 11.3. The number of carbonyl (C=O) groups is 1. The van der Waals surface area contributed by atoms with Crippen molar-refractivity contribution in [2.75, 3.05) is 5.32 Å². The summed E-state index contributed by atoms with van der Waals surface area (Å²) in [6.07, 6.45) is 0. The maximum absolute atomic E-state index is 11.3. The standard InChI is InChI=1S/C13H7ClN4O5/c14-8-5-9(12(18(21)22)11-10(8)16-23-17-11)15-7-3-1-2-6(4-7)13(19)20/h1-5,15H,(H,19,20)/p-1. The van der Waals surface area contributed by atoms with Crippen LogP contribution < -0.4 is 10.4 Å². The van der Waals surface area contributed by atoms with Gasteiger partial charge in [0.1, 0.15) is 5.69 Å². The average Bonchev–Trinajstić information content (AvgIpc) is 2.97. The molecule has 0 saturated heterocycles. The van der Waals surface area contributed by atoms with E-state index < -0.39 is 10.9 Å². The summed E-state index contributed by atoms with van der Waals surface area (Å²) in [5.41, 5.74) is -0.175. The molecule has 0 aliphatic heterocycles. The molecule has 0 atom stereocenters. The van der Waals surface area contributed by atoms with Gasteiger partial charge in [-0.15, -0.1) is 0 Å². The number of fused-ring (bicyclic) bond motifs is 1. The fourth-order valence-electron chi connectivity index (χ4n) is 2.05. The lowest BCUT2D eigenvalue weighted by Gasteiger charge is -2.10. The minimum absolute atomic E-state index is 0.0266. The Labute approximate surface area is 132 Å². The number of rotatable bonds is 4. The predicted molar refractivity (Wildman–Crippen MR) is 77.5 cm³/mol. The number of hydrogen-bond acceptors (Lipinski definition) is 8. The number of carboxylic acid groups (broad SMARTS) is 1. The van der Waals surface area contributed by atoms with Crippen molar-refractivity contribution in [1.29, 1.82) is 0 Å². The molecule has 0 amide bonds. The second-order valence-electron chi connectivity index (χ2n) is 4.47. The number of hydrogen-bond donors (Lipinski definition) is 1. The lowest BCUT2D eigenvalue weighted by molar-refractivity contribution is -0.382. The van der Waals surface area contributed by atoms with E-state index in [4.69, 9.17) is 11.6 Å². The topological polar surface area (TPSA) is 134 Å². The predicted octanol–water partition coefficient (Wildman–Crippen LogP) is 1.89. The van der Waals surface area contributed by atoms with Gasteiger partial charge in [-0.2, -0.15) is 0 Å². The Morgan fingerprint density at radius 1 is 1.26 bits per heavy atom. The fourth-order valence-corrected chi connectivity index (χ4v) is 2.28. The molecule has 0 aliphatic rings. The summed E-state index contributed by atoms with van der Waals surface area (Å²) in [5.74, 6) is -1.36. The first-order valence-electron chi connectivity index (χ1n) is 6.15. The third-order valence-electron chi connectivity index (χ3n) is 3.03. The van der Waals surface area contributed by atoms with Gasteiger partial charge in [0.2, 0.25) is 5.52 Å². The smallest absolute Gasteiger partial charge is 0.324 e. The van der Waals surface area contributed by atoms with Crippen molar-refractivity contribution in [2.45, 2.75) is 0 Å². The molecule has 0 aliphatic carbocycles.